The second-order valence-corrected chi connectivity index (χ2v) is 6.32. The molecule has 0 radical (unpaired) electrons. The van der Waals surface area contributed by atoms with Gasteiger partial charge in [-0.15, -0.1) is 0 Å². The zero-order valence-corrected chi connectivity index (χ0v) is 10.1. The van der Waals surface area contributed by atoms with Crippen molar-refractivity contribution < 1.29 is 8.42 Å². The van der Waals surface area contributed by atoms with Crippen LogP contribution in [0.15, 0.2) is 23.1 Å². The number of rotatable bonds is 2. The summed E-state index contributed by atoms with van der Waals surface area (Å²) in [5.74, 6) is 0.214. The van der Waals surface area contributed by atoms with Crippen LogP contribution in [0, 0.1) is 0 Å². The monoisotopic (exact) mass is 252 g/mol. The minimum Gasteiger partial charge on any atom is -0.207 e. The van der Waals surface area contributed by atoms with E-state index in [1.54, 1.807) is 12.1 Å². The highest BCUT2D eigenvalue weighted by atomic mass is 35.7. The van der Waals surface area contributed by atoms with Crippen molar-refractivity contribution in [1.82, 2.24) is 0 Å². The van der Waals surface area contributed by atoms with Crippen LogP contribution in [-0.4, -0.2) is 8.42 Å². The molecule has 0 spiro atoms. The molecule has 0 unspecified atom stereocenters. The first-order valence-corrected chi connectivity index (χ1v) is 6.74. The van der Waals surface area contributed by atoms with Gasteiger partial charge >= 0.3 is 0 Å². The Labute approximate surface area is 93.3 Å². The number of benzene rings is 1. The average Bonchev–Trinajstić information content (AvgIpc) is 2.01. The normalized spacial score (nSPS) is 12.1. The highest BCUT2D eigenvalue weighted by Gasteiger charge is 2.13. The Morgan fingerprint density at radius 1 is 1.21 bits per heavy atom. The SMILES string of the molecule is CC(C)c1cc(Cl)cc(S(=O)(=O)Cl)c1. The number of hydrogen-bond donors (Lipinski definition) is 0. The van der Waals surface area contributed by atoms with Gasteiger partial charge in [-0.2, -0.15) is 0 Å². The molecule has 0 aliphatic heterocycles. The van der Waals surface area contributed by atoms with Crippen LogP contribution >= 0.6 is 22.3 Å². The molecule has 0 heterocycles. The molecule has 2 nitrogen and oxygen atoms in total. The van der Waals surface area contributed by atoms with Gasteiger partial charge in [0.05, 0.1) is 4.90 Å². The largest absolute Gasteiger partial charge is 0.261 e. The molecule has 1 rings (SSSR count). The minimum atomic E-state index is -3.69. The molecule has 0 amide bonds. The van der Waals surface area contributed by atoms with Crippen LogP contribution in [0.1, 0.15) is 25.3 Å². The van der Waals surface area contributed by atoms with Crippen LogP contribution in [0.25, 0.3) is 0 Å². The van der Waals surface area contributed by atoms with Crippen molar-refractivity contribution in [3.05, 3.63) is 28.8 Å². The quantitative estimate of drug-likeness (QED) is 0.757. The Kier molecular flexibility index (Phi) is 3.45. The lowest BCUT2D eigenvalue weighted by Gasteiger charge is -2.07. The average molecular weight is 253 g/mol. The highest BCUT2D eigenvalue weighted by molar-refractivity contribution is 8.13. The van der Waals surface area contributed by atoms with Gasteiger partial charge in [0.2, 0.25) is 0 Å². The molecular weight excluding hydrogens is 243 g/mol. The van der Waals surface area contributed by atoms with Crippen molar-refractivity contribution in [3.8, 4) is 0 Å². The summed E-state index contributed by atoms with van der Waals surface area (Å²) in [4.78, 5) is 0.0513. The standard InChI is InChI=1S/C9H10Cl2O2S/c1-6(2)7-3-8(10)5-9(4-7)14(11,12)13/h3-6H,1-2H3. The Morgan fingerprint density at radius 3 is 2.21 bits per heavy atom. The zero-order chi connectivity index (χ0) is 10.9. The van der Waals surface area contributed by atoms with Crippen molar-refractivity contribution in [2.24, 2.45) is 0 Å². The lowest BCUT2D eigenvalue weighted by atomic mass is 10.0. The topological polar surface area (TPSA) is 34.1 Å². The zero-order valence-electron chi connectivity index (χ0n) is 7.79. The summed E-state index contributed by atoms with van der Waals surface area (Å²) in [5.41, 5.74) is 0.858. The van der Waals surface area contributed by atoms with E-state index in [1.807, 2.05) is 13.8 Å². The van der Waals surface area contributed by atoms with Crippen molar-refractivity contribution in [2.45, 2.75) is 24.7 Å². The lowest BCUT2D eigenvalue weighted by Crippen LogP contribution is -1.94. The Morgan fingerprint density at radius 2 is 1.79 bits per heavy atom. The minimum absolute atomic E-state index is 0.0513. The van der Waals surface area contributed by atoms with E-state index in [-0.39, 0.29) is 10.8 Å². The van der Waals surface area contributed by atoms with Gasteiger partial charge in [-0.25, -0.2) is 8.42 Å². The lowest BCUT2D eigenvalue weighted by molar-refractivity contribution is 0.609. The van der Waals surface area contributed by atoms with Crippen LogP contribution in [0.4, 0.5) is 0 Å². The summed E-state index contributed by atoms with van der Waals surface area (Å²) in [6.07, 6.45) is 0. The molecule has 0 aliphatic carbocycles. The van der Waals surface area contributed by atoms with Crippen molar-refractivity contribution in [1.29, 1.82) is 0 Å². The van der Waals surface area contributed by atoms with Gasteiger partial charge in [0.25, 0.3) is 9.05 Å². The van der Waals surface area contributed by atoms with Gasteiger partial charge in [0.15, 0.2) is 0 Å². The predicted octanol–water partition coefficient (Wildman–Crippen LogP) is 3.39. The van der Waals surface area contributed by atoms with Gasteiger partial charge in [-0.05, 0) is 29.7 Å². The van der Waals surface area contributed by atoms with E-state index in [2.05, 4.69) is 0 Å². The van der Waals surface area contributed by atoms with Gasteiger partial charge < -0.3 is 0 Å². The number of halogens is 2. The first kappa shape index (κ1) is 11.8. The molecule has 0 aromatic heterocycles. The summed E-state index contributed by atoms with van der Waals surface area (Å²) >= 11 is 5.78. The summed E-state index contributed by atoms with van der Waals surface area (Å²) in [5, 5.41) is 0.385. The van der Waals surface area contributed by atoms with E-state index in [4.69, 9.17) is 22.3 Å². The molecule has 1 aromatic carbocycles. The summed E-state index contributed by atoms with van der Waals surface area (Å²) in [6.45, 7) is 3.91. The first-order valence-electron chi connectivity index (χ1n) is 4.06. The molecule has 5 heteroatoms. The molecule has 0 aliphatic rings. The molecule has 0 saturated carbocycles. The van der Waals surface area contributed by atoms with Crippen LogP contribution in [0.5, 0.6) is 0 Å². The molecule has 0 N–H and O–H groups in total. The van der Waals surface area contributed by atoms with E-state index in [1.165, 1.54) is 6.07 Å². The third-order valence-corrected chi connectivity index (χ3v) is 3.39. The van der Waals surface area contributed by atoms with Crippen LogP contribution in [0.2, 0.25) is 5.02 Å². The molecule has 1 aromatic rings. The summed E-state index contributed by atoms with van der Waals surface area (Å²) in [6, 6.07) is 4.62. The van der Waals surface area contributed by atoms with E-state index >= 15 is 0 Å². The van der Waals surface area contributed by atoms with Crippen molar-refractivity contribution in [2.75, 3.05) is 0 Å². The second-order valence-electron chi connectivity index (χ2n) is 3.31. The maximum absolute atomic E-state index is 11.1. The molecule has 14 heavy (non-hydrogen) atoms. The van der Waals surface area contributed by atoms with E-state index < -0.39 is 9.05 Å². The van der Waals surface area contributed by atoms with Gasteiger partial charge in [-0.1, -0.05) is 25.4 Å². The van der Waals surface area contributed by atoms with Crippen LogP contribution in [-0.2, 0) is 9.05 Å². The Balaban J connectivity index is 3.35. The van der Waals surface area contributed by atoms with Gasteiger partial charge in [-0.3, -0.25) is 0 Å². The van der Waals surface area contributed by atoms with Crippen LogP contribution < -0.4 is 0 Å². The third kappa shape index (κ3) is 2.87. The number of hydrogen-bond acceptors (Lipinski definition) is 2. The second kappa shape index (κ2) is 4.09. The molecule has 0 fully saturated rings. The highest BCUT2D eigenvalue weighted by Crippen LogP contribution is 2.25. The predicted molar refractivity (Wildman–Crippen MR) is 58.6 cm³/mol. The smallest absolute Gasteiger partial charge is 0.207 e. The first-order chi connectivity index (χ1) is 6.30. The Hall–Kier alpha value is -0.250. The Bertz CT molecular complexity index is 438. The maximum atomic E-state index is 11.1. The maximum Gasteiger partial charge on any atom is 0.261 e. The fraction of sp³-hybridized carbons (Fsp3) is 0.333. The van der Waals surface area contributed by atoms with Gasteiger partial charge in [0.1, 0.15) is 0 Å². The molecular formula is C9H10Cl2O2S. The molecule has 78 valence electrons. The van der Waals surface area contributed by atoms with E-state index in [0.29, 0.717) is 5.02 Å². The van der Waals surface area contributed by atoms with Gasteiger partial charge in [0, 0.05) is 15.7 Å². The molecule has 0 bridgehead atoms. The van der Waals surface area contributed by atoms with Crippen molar-refractivity contribution >= 4 is 31.3 Å². The van der Waals surface area contributed by atoms with E-state index in [0.717, 1.165) is 5.56 Å². The fourth-order valence-corrected chi connectivity index (χ4v) is 2.18. The summed E-state index contributed by atoms with van der Waals surface area (Å²) in [7, 11) is 1.53. The van der Waals surface area contributed by atoms with Crippen LogP contribution in [0.3, 0.4) is 0 Å². The van der Waals surface area contributed by atoms with Crippen molar-refractivity contribution in [3.63, 3.8) is 0 Å². The summed E-state index contributed by atoms with van der Waals surface area (Å²) < 4.78 is 22.1. The molecule has 0 atom stereocenters. The fourth-order valence-electron chi connectivity index (χ4n) is 1.06. The van der Waals surface area contributed by atoms with E-state index in [9.17, 15) is 8.42 Å². The third-order valence-electron chi connectivity index (χ3n) is 1.84. The molecule has 0 saturated heterocycles.